The number of aliphatic hydroxyl groups is 1. The molecule has 0 radical (unpaired) electrons. The van der Waals surface area contributed by atoms with Crippen LogP contribution < -0.4 is 0 Å². The zero-order valence-corrected chi connectivity index (χ0v) is 27.0. The van der Waals surface area contributed by atoms with Crippen LogP contribution in [0.25, 0.3) is 0 Å². The first-order valence-electron chi connectivity index (χ1n) is 16.3. The van der Waals surface area contributed by atoms with Gasteiger partial charge in [-0.2, -0.15) is 0 Å². The summed E-state index contributed by atoms with van der Waals surface area (Å²) in [5, 5.41) is 11.8. The molecule has 1 aliphatic heterocycles. The number of esters is 3. The van der Waals surface area contributed by atoms with Crippen LogP contribution in [0.15, 0.2) is 36.5 Å². The van der Waals surface area contributed by atoms with Crippen molar-refractivity contribution in [3.05, 3.63) is 36.5 Å². The number of rotatable bonds is 16. The zero-order valence-electron chi connectivity index (χ0n) is 27.0. The molecule has 43 heavy (non-hydrogen) atoms. The number of unbranched alkanes of at least 4 members (excludes halogenated alkanes) is 7. The van der Waals surface area contributed by atoms with Gasteiger partial charge in [0.15, 0.2) is 0 Å². The highest BCUT2D eigenvalue weighted by molar-refractivity contribution is 5.70. The average Bonchev–Trinajstić information content (AvgIpc) is 3.23. The van der Waals surface area contributed by atoms with Crippen molar-refractivity contribution in [3.8, 4) is 0 Å². The normalized spacial score (nSPS) is 33.0. The van der Waals surface area contributed by atoms with Gasteiger partial charge in [0.25, 0.3) is 0 Å². The number of hydrogen-bond donors (Lipinski definition) is 1. The molecule has 1 N–H and O–H groups in total. The van der Waals surface area contributed by atoms with Crippen LogP contribution in [0.2, 0.25) is 0 Å². The van der Waals surface area contributed by atoms with Crippen LogP contribution >= 0.6 is 0 Å². The van der Waals surface area contributed by atoms with E-state index in [2.05, 4.69) is 33.9 Å². The Morgan fingerprint density at radius 3 is 2.23 bits per heavy atom. The van der Waals surface area contributed by atoms with Crippen molar-refractivity contribution in [2.24, 2.45) is 22.7 Å². The number of allylic oxidation sites excluding steroid dienone is 2. The fourth-order valence-corrected chi connectivity index (χ4v) is 7.65. The quantitative estimate of drug-likeness (QED) is 0.0655. The summed E-state index contributed by atoms with van der Waals surface area (Å²) in [6.45, 7) is 17.0. The monoisotopic (exact) mass is 602 g/mol. The average molecular weight is 603 g/mol. The molecule has 3 aliphatic rings. The second-order valence-electron chi connectivity index (χ2n) is 13.1. The number of aliphatic hydroxyl groups excluding tert-OH is 1. The maximum absolute atomic E-state index is 13.0. The third-order valence-electron chi connectivity index (χ3n) is 10.2. The predicted molar refractivity (Wildman–Crippen MR) is 164 cm³/mol. The Hall–Kier alpha value is -2.45. The van der Waals surface area contributed by atoms with E-state index in [0.29, 0.717) is 31.3 Å². The standard InChI is InChI=1S/C35H54O8/c1-8-10-11-12-13-14-15-16-17-31(39)42-27-21-28-32(40-25(5)36)43-33(41-26(6)37)35(28)29(22-27)34(7,19-18-23(3)9-2)24(4)20-30(35)38/h9,21,24,27,29-30,32-33,38H,2-3,8,10-20,22H2,1,4-7H3/t24-,27?,29-,30?,32?,33?,34+,35-/m0/s1. The number of hydrogen-bond acceptors (Lipinski definition) is 8. The predicted octanol–water partition coefficient (Wildman–Crippen LogP) is 7.10. The molecule has 0 aromatic heterocycles. The van der Waals surface area contributed by atoms with Crippen LogP contribution in [-0.4, -0.2) is 47.8 Å². The van der Waals surface area contributed by atoms with Gasteiger partial charge in [-0.15, -0.1) is 0 Å². The minimum atomic E-state index is -1.17. The summed E-state index contributed by atoms with van der Waals surface area (Å²) in [5.41, 5.74) is -0.141. The first-order valence-corrected chi connectivity index (χ1v) is 16.3. The molecule has 242 valence electrons. The Morgan fingerprint density at radius 2 is 1.63 bits per heavy atom. The summed E-state index contributed by atoms with van der Waals surface area (Å²) in [6, 6.07) is 0. The molecule has 0 amide bonds. The summed E-state index contributed by atoms with van der Waals surface area (Å²) >= 11 is 0. The van der Waals surface area contributed by atoms with Crippen LogP contribution in [-0.2, 0) is 33.3 Å². The van der Waals surface area contributed by atoms with Crippen molar-refractivity contribution in [2.75, 3.05) is 0 Å². The Morgan fingerprint density at radius 1 is 1.00 bits per heavy atom. The van der Waals surface area contributed by atoms with E-state index in [1.165, 1.54) is 46.0 Å². The van der Waals surface area contributed by atoms with E-state index in [-0.39, 0.29) is 23.2 Å². The van der Waals surface area contributed by atoms with E-state index in [9.17, 15) is 19.5 Å². The van der Waals surface area contributed by atoms with Gasteiger partial charge in [0.05, 0.1) is 11.5 Å². The van der Waals surface area contributed by atoms with Crippen LogP contribution in [0.4, 0.5) is 0 Å². The maximum Gasteiger partial charge on any atom is 0.306 e. The summed E-state index contributed by atoms with van der Waals surface area (Å²) in [5.74, 6) is -1.64. The second-order valence-corrected chi connectivity index (χ2v) is 13.1. The van der Waals surface area contributed by atoms with Crippen LogP contribution in [0, 0.1) is 22.7 Å². The van der Waals surface area contributed by atoms with Gasteiger partial charge in [-0.05, 0) is 55.4 Å². The first-order chi connectivity index (χ1) is 20.4. The largest absolute Gasteiger partial charge is 0.458 e. The van der Waals surface area contributed by atoms with Crippen LogP contribution in [0.5, 0.6) is 0 Å². The molecule has 3 rings (SSSR count). The summed E-state index contributed by atoms with van der Waals surface area (Å²) in [4.78, 5) is 37.5. The Balaban J connectivity index is 1.91. The van der Waals surface area contributed by atoms with E-state index in [1.54, 1.807) is 12.2 Å². The van der Waals surface area contributed by atoms with Crippen molar-refractivity contribution in [1.29, 1.82) is 0 Å². The topological polar surface area (TPSA) is 108 Å². The third-order valence-corrected chi connectivity index (χ3v) is 10.2. The third kappa shape index (κ3) is 7.99. The van der Waals surface area contributed by atoms with Gasteiger partial charge in [-0.1, -0.05) is 90.5 Å². The van der Waals surface area contributed by atoms with E-state index in [0.717, 1.165) is 31.3 Å². The van der Waals surface area contributed by atoms with Gasteiger partial charge in [0.2, 0.25) is 12.6 Å². The Labute approximate surface area is 258 Å². The van der Waals surface area contributed by atoms with Crippen molar-refractivity contribution >= 4 is 17.9 Å². The summed E-state index contributed by atoms with van der Waals surface area (Å²) in [6.07, 6.45) is 11.3. The smallest absolute Gasteiger partial charge is 0.306 e. The summed E-state index contributed by atoms with van der Waals surface area (Å²) < 4.78 is 23.5. The molecular formula is C35H54O8. The molecule has 0 aromatic rings. The lowest BCUT2D eigenvalue weighted by Crippen LogP contribution is -2.63. The van der Waals surface area contributed by atoms with Gasteiger partial charge < -0.3 is 19.3 Å². The molecule has 8 heteroatoms. The highest BCUT2D eigenvalue weighted by Gasteiger charge is 2.71. The Bertz CT molecular complexity index is 1050. The number of ether oxygens (including phenoxy) is 4. The molecule has 8 atom stereocenters. The first kappa shape index (κ1) is 35.0. The van der Waals surface area contributed by atoms with Gasteiger partial charge in [0, 0.05) is 25.8 Å². The molecule has 0 bridgehead atoms. The molecule has 8 nitrogen and oxygen atoms in total. The number of carbonyl (C=O) groups is 3. The van der Waals surface area contributed by atoms with E-state index in [1.807, 2.05) is 0 Å². The van der Waals surface area contributed by atoms with E-state index < -0.39 is 42.1 Å². The van der Waals surface area contributed by atoms with Gasteiger partial charge >= 0.3 is 17.9 Å². The highest BCUT2D eigenvalue weighted by atomic mass is 16.8. The van der Waals surface area contributed by atoms with E-state index in [4.69, 9.17) is 18.9 Å². The van der Waals surface area contributed by atoms with Crippen molar-refractivity contribution < 1.29 is 38.4 Å². The lowest BCUT2D eigenvalue weighted by atomic mass is 9.45. The van der Waals surface area contributed by atoms with E-state index >= 15 is 0 Å². The fourth-order valence-electron chi connectivity index (χ4n) is 7.65. The van der Waals surface area contributed by atoms with Crippen molar-refractivity contribution in [2.45, 2.75) is 143 Å². The lowest BCUT2D eigenvalue weighted by molar-refractivity contribution is -0.254. The molecule has 1 saturated heterocycles. The molecule has 4 unspecified atom stereocenters. The lowest BCUT2D eigenvalue weighted by Gasteiger charge is -2.60. The molecule has 2 aliphatic carbocycles. The van der Waals surface area contributed by atoms with Crippen molar-refractivity contribution in [3.63, 3.8) is 0 Å². The molecule has 1 saturated carbocycles. The minimum Gasteiger partial charge on any atom is -0.458 e. The summed E-state index contributed by atoms with van der Waals surface area (Å²) in [7, 11) is 0. The minimum absolute atomic E-state index is 0.0783. The Kier molecular flexibility index (Phi) is 12.6. The van der Waals surface area contributed by atoms with Crippen LogP contribution in [0.3, 0.4) is 0 Å². The second kappa shape index (κ2) is 15.5. The molecule has 0 aromatic carbocycles. The molecular weight excluding hydrogens is 548 g/mol. The molecule has 2 fully saturated rings. The fraction of sp³-hybridized carbons (Fsp3) is 0.743. The van der Waals surface area contributed by atoms with Gasteiger partial charge in [0.1, 0.15) is 6.10 Å². The highest BCUT2D eigenvalue weighted by Crippen LogP contribution is 2.67. The molecule has 1 heterocycles. The van der Waals surface area contributed by atoms with Gasteiger partial charge in [-0.3, -0.25) is 19.1 Å². The van der Waals surface area contributed by atoms with Gasteiger partial charge in [-0.25, -0.2) is 0 Å². The van der Waals surface area contributed by atoms with Crippen LogP contribution in [0.1, 0.15) is 118 Å². The zero-order chi connectivity index (χ0) is 31.8. The maximum atomic E-state index is 13.0. The van der Waals surface area contributed by atoms with Crippen molar-refractivity contribution in [1.82, 2.24) is 0 Å². The number of carbonyl (C=O) groups excluding carboxylic acids is 3. The SMILES string of the molecule is C=CC(=C)CC[C@@]1(C)[C@@H]2CC(OC(=O)CCCCCCCCCC)C=C3C(OC(C)=O)OC(OC(C)=O)[C@@]32C(O)C[C@@H]1C. The molecule has 1 spiro atoms.